The predicted octanol–water partition coefficient (Wildman–Crippen LogP) is 2.15. The first-order valence-corrected chi connectivity index (χ1v) is 7.70. The molecule has 1 aromatic carbocycles. The molecule has 2 heterocycles. The van der Waals surface area contributed by atoms with Gasteiger partial charge in [-0.3, -0.25) is 9.48 Å². The third kappa shape index (κ3) is 2.90. The first kappa shape index (κ1) is 14.8. The number of carbonyl (C=O) groups excluding carboxylic acids is 1. The van der Waals surface area contributed by atoms with Crippen LogP contribution in [0.3, 0.4) is 0 Å². The molecule has 1 fully saturated rings. The number of likely N-dealkylation sites (tertiary alicyclic amines) is 1. The summed E-state index contributed by atoms with van der Waals surface area (Å²) < 4.78 is 1.62. The molecule has 2 unspecified atom stereocenters. The van der Waals surface area contributed by atoms with Gasteiger partial charge in [0, 0.05) is 19.8 Å². The molecule has 0 bridgehead atoms. The minimum Gasteiger partial charge on any atom is -0.386 e. The zero-order chi connectivity index (χ0) is 15.5. The summed E-state index contributed by atoms with van der Waals surface area (Å²) in [7, 11) is 1.79. The average molecular weight is 299 g/mol. The normalized spacial score (nSPS) is 19.9. The number of aromatic nitrogens is 2. The van der Waals surface area contributed by atoms with Gasteiger partial charge in [0.15, 0.2) is 0 Å². The van der Waals surface area contributed by atoms with Crippen LogP contribution < -0.4 is 0 Å². The highest BCUT2D eigenvalue weighted by molar-refractivity contribution is 5.92. The Morgan fingerprint density at radius 3 is 2.73 bits per heavy atom. The Morgan fingerprint density at radius 1 is 1.27 bits per heavy atom. The van der Waals surface area contributed by atoms with E-state index in [2.05, 4.69) is 5.10 Å². The molecule has 116 valence electrons. The number of benzene rings is 1. The Labute approximate surface area is 130 Å². The van der Waals surface area contributed by atoms with E-state index in [1.807, 2.05) is 30.3 Å². The molecule has 3 rings (SSSR count). The molecule has 0 radical (unpaired) electrons. The number of amides is 1. The van der Waals surface area contributed by atoms with E-state index in [9.17, 15) is 9.90 Å². The summed E-state index contributed by atoms with van der Waals surface area (Å²) in [6.07, 6.45) is 3.92. The van der Waals surface area contributed by atoms with Crippen molar-refractivity contribution in [2.24, 2.45) is 7.05 Å². The highest BCUT2D eigenvalue weighted by Crippen LogP contribution is 2.29. The van der Waals surface area contributed by atoms with Crippen LogP contribution in [0.2, 0.25) is 0 Å². The molecular formula is C17H21N3O2. The number of aliphatic hydroxyl groups is 1. The molecule has 1 saturated heterocycles. The molecular weight excluding hydrogens is 278 g/mol. The summed E-state index contributed by atoms with van der Waals surface area (Å²) in [6, 6.07) is 11.1. The molecule has 1 amide bonds. The smallest absolute Gasteiger partial charge is 0.274 e. The van der Waals surface area contributed by atoms with Crippen LogP contribution in [0.1, 0.15) is 41.4 Å². The van der Waals surface area contributed by atoms with Crippen molar-refractivity contribution in [3.8, 4) is 0 Å². The van der Waals surface area contributed by atoms with E-state index >= 15 is 0 Å². The fourth-order valence-electron chi connectivity index (χ4n) is 3.09. The third-order valence-corrected chi connectivity index (χ3v) is 4.25. The van der Waals surface area contributed by atoms with Crippen LogP contribution in [0, 0.1) is 0 Å². The molecule has 1 aliphatic rings. The van der Waals surface area contributed by atoms with E-state index in [-0.39, 0.29) is 11.9 Å². The zero-order valence-corrected chi connectivity index (χ0v) is 12.7. The van der Waals surface area contributed by atoms with Gasteiger partial charge in [0.25, 0.3) is 5.91 Å². The SMILES string of the molecule is Cn1ccc(C(=O)N2CCCCC2C(O)c2ccccc2)n1. The van der Waals surface area contributed by atoms with E-state index in [0.29, 0.717) is 12.2 Å². The molecule has 0 saturated carbocycles. The molecule has 2 aromatic rings. The van der Waals surface area contributed by atoms with Crippen molar-refractivity contribution in [1.82, 2.24) is 14.7 Å². The van der Waals surface area contributed by atoms with Crippen molar-refractivity contribution < 1.29 is 9.90 Å². The first-order valence-electron chi connectivity index (χ1n) is 7.70. The van der Waals surface area contributed by atoms with Crippen molar-refractivity contribution in [2.75, 3.05) is 6.54 Å². The summed E-state index contributed by atoms with van der Waals surface area (Å²) in [5.41, 5.74) is 1.29. The molecule has 1 aliphatic heterocycles. The van der Waals surface area contributed by atoms with Gasteiger partial charge in [-0.25, -0.2) is 0 Å². The lowest BCUT2D eigenvalue weighted by Gasteiger charge is -2.38. The standard InChI is InChI=1S/C17H21N3O2/c1-19-12-10-14(18-19)17(22)20-11-6-5-9-15(20)16(21)13-7-3-2-4-8-13/h2-4,7-8,10,12,15-16,21H,5-6,9,11H2,1H3. The summed E-state index contributed by atoms with van der Waals surface area (Å²) in [5, 5.41) is 14.9. The van der Waals surface area contributed by atoms with Crippen molar-refractivity contribution in [2.45, 2.75) is 31.4 Å². The monoisotopic (exact) mass is 299 g/mol. The lowest BCUT2D eigenvalue weighted by Crippen LogP contribution is -2.47. The van der Waals surface area contributed by atoms with Gasteiger partial charge in [0.05, 0.1) is 12.1 Å². The van der Waals surface area contributed by atoms with Gasteiger partial charge in [-0.05, 0) is 30.9 Å². The van der Waals surface area contributed by atoms with Gasteiger partial charge in [-0.1, -0.05) is 30.3 Å². The molecule has 0 aliphatic carbocycles. The second-order valence-corrected chi connectivity index (χ2v) is 5.79. The van der Waals surface area contributed by atoms with Gasteiger partial charge in [0.2, 0.25) is 0 Å². The number of carbonyl (C=O) groups is 1. The number of aryl methyl sites for hydroxylation is 1. The quantitative estimate of drug-likeness (QED) is 0.944. The highest BCUT2D eigenvalue weighted by Gasteiger charge is 2.33. The summed E-state index contributed by atoms with van der Waals surface area (Å²) in [5.74, 6) is -0.0970. The average Bonchev–Trinajstić information content (AvgIpc) is 3.01. The van der Waals surface area contributed by atoms with E-state index in [4.69, 9.17) is 0 Å². The summed E-state index contributed by atoms with van der Waals surface area (Å²) >= 11 is 0. The number of aliphatic hydroxyl groups excluding tert-OH is 1. The fourth-order valence-corrected chi connectivity index (χ4v) is 3.09. The number of piperidine rings is 1. The molecule has 1 aromatic heterocycles. The molecule has 0 spiro atoms. The molecule has 5 nitrogen and oxygen atoms in total. The van der Waals surface area contributed by atoms with Crippen molar-refractivity contribution in [3.05, 3.63) is 53.9 Å². The largest absolute Gasteiger partial charge is 0.386 e. The lowest BCUT2D eigenvalue weighted by atomic mass is 9.92. The van der Waals surface area contributed by atoms with Crippen molar-refractivity contribution in [3.63, 3.8) is 0 Å². The van der Waals surface area contributed by atoms with Crippen LogP contribution in [-0.4, -0.2) is 38.3 Å². The lowest BCUT2D eigenvalue weighted by molar-refractivity contribution is 0.0207. The Morgan fingerprint density at radius 2 is 2.05 bits per heavy atom. The van der Waals surface area contributed by atoms with E-state index in [1.165, 1.54) is 0 Å². The van der Waals surface area contributed by atoms with Crippen molar-refractivity contribution in [1.29, 1.82) is 0 Å². The zero-order valence-electron chi connectivity index (χ0n) is 12.7. The van der Waals surface area contributed by atoms with Crippen LogP contribution in [0.25, 0.3) is 0 Å². The van der Waals surface area contributed by atoms with Gasteiger partial charge in [0.1, 0.15) is 5.69 Å². The van der Waals surface area contributed by atoms with Gasteiger partial charge < -0.3 is 10.0 Å². The summed E-state index contributed by atoms with van der Waals surface area (Å²) in [6.45, 7) is 0.671. The van der Waals surface area contributed by atoms with E-state index in [0.717, 1.165) is 24.8 Å². The Bertz CT molecular complexity index is 638. The van der Waals surface area contributed by atoms with Gasteiger partial charge in [-0.2, -0.15) is 5.10 Å². The Balaban J connectivity index is 1.83. The Kier molecular flexibility index (Phi) is 4.24. The topological polar surface area (TPSA) is 58.4 Å². The van der Waals surface area contributed by atoms with Crippen LogP contribution in [0.4, 0.5) is 0 Å². The number of nitrogens with zero attached hydrogens (tertiary/aromatic N) is 3. The van der Waals surface area contributed by atoms with Gasteiger partial charge in [-0.15, -0.1) is 0 Å². The van der Waals surface area contributed by atoms with E-state index < -0.39 is 6.10 Å². The third-order valence-electron chi connectivity index (χ3n) is 4.25. The maximum Gasteiger partial charge on any atom is 0.274 e. The minimum absolute atomic E-state index is 0.0970. The maximum absolute atomic E-state index is 12.7. The highest BCUT2D eigenvalue weighted by atomic mass is 16.3. The fraction of sp³-hybridized carbons (Fsp3) is 0.412. The predicted molar refractivity (Wildman–Crippen MR) is 83.3 cm³/mol. The number of hydrogen-bond acceptors (Lipinski definition) is 3. The molecule has 5 heteroatoms. The van der Waals surface area contributed by atoms with Crippen LogP contribution >= 0.6 is 0 Å². The molecule has 1 N–H and O–H groups in total. The maximum atomic E-state index is 12.7. The second kappa shape index (κ2) is 6.32. The van der Waals surface area contributed by atoms with Crippen molar-refractivity contribution >= 4 is 5.91 Å². The van der Waals surface area contributed by atoms with Crippen LogP contribution in [-0.2, 0) is 7.05 Å². The second-order valence-electron chi connectivity index (χ2n) is 5.79. The minimum atomic E-state index is -0.658. The molecule has 2 atom stereocenters. The first-order chi connectivity index (χ1) is 10.7. The van der Waals surface area contributed by atoms with Crippen LogP contribution in [0.5, 0.6) is 0 Å². The van der Waals surface area contributed by atoms with E-state index in [1.54, 1.807) is 28.9 Å². The number of hydrogen-bond donors (Lipinski definition) is 1. The number of rotatable bonds is 3. The van der Waals surface area contributed by atoms with Crippen LogP contribution in [0.15, 0.2) is 42.6 Å². The Hall–Kier alpha value is -2.14. The van der Waals surface area contributed by atoms with Gasteiger partial charge >= 0.3 is 0 Å². The summed E-state index contributed by atoms with van der Waals surface area (Å²) in [4.78, 5) is 14.5. The molecule has 22 heavy (non-hydrogen) atoms.